The Kier molecular flexibility index (Phi) is 6.04. The van der Waals surface area contributed by atoms with Crippen LogP contribution in [0.5, 0.6) is 0 Å². The monoisotopic (exact) mass is 289 g/mol. The van der Waals surface area contributed by atoms with E-state index in [1.165, 1.54) is 37.9 Å². The Balaban J connectivity index is 2.17. The molecule has 0 bridgehead atoms. The predicted octanol–water partition coefficient (Wildman–Crippen LogP) is 4.33. The number of nitrogens with zero attached hydrogens (tertiary/aromatic N) is 2. The first-order valence-corrected chi connectivity index (χ1v) is 8.50. The van der Waals surface area contributed by atoms with Crippen LogP contribution < -0.4 is 5.32 Å². The minimum absolute atomic E-state index is 0.532. The Morgan fingerprint density at radius 2 is 2.05 bits per heavy atom. The molecule has 2 heterocycles. The van der Waals surface area contributed by atoms with Gasteiger partial charge in [0.15, 0.2) is 0 Å². The smallest absolute Gasteiger partial charge is 0.130 e. The quantitative estimate of drug-likeness (QED) is 0.844. The molecule has 0 radical (unpaired) electrons. The molecule has 2 rings (SSSR count). The topological polar surface area (TPSA) is 28.2 Å². The van der Waals surface area contributed by atoms with Crippen LogP contribution in [0.1, 0.15) is 58.6 Å². The third-order valence-electron chi connectivity index (χ3n) is 4.09. The van der Waals surface area contributed by atoms with Crippen molar-refractivity contribution in [3.63, 3.8) is 0 Å². The second-order valence-corrected chi connectivity index (χ2v) is 7.12. The van der Waals surface area contributed by atoms with Gasteiger partial charge in [-0.05, 0) is 37.3 Å². The van der Waals surface area contributed by atoms with Crippen LogP contribution in [0.3, 0.4) is 0 Å². The second-order valence-electron chi connectivity index (χ2n) is 7.12. The standard InChI is InChI=1S/C18H31N3/c1-14(2)12-20-18-16(8-7-10-19-18)17-9-5-6-11-21(17)13-15(3)4/h7-8,10,14-15,17H,5-6,9,11-13H2,1-4H3,(H,19,20). The molecule has 0 saturated carbocycles. The lowest BCUT2D eigenvalue weighted by Crippen LogP contribution is -2.36. The first-order valence-electron chi connectivity index (χ1n) is 8.50. The number of hydrogen-bond acceptors (Lipinski definition) is 3. The van der Waals surface area contributed by atoms with Crippen molar-refractivity contribution < 1.29 is 0 Å². The number of nitrogens with one attached hydrogen (secondary N) is 1. The summed E-state index contributed by atoms with van der Waals surface area (Å²) in [7, 11) is 0. The van der Waals surface area contributed by atoms with Gasteiger partial charge in [0.05, 0.1) is 0 Å². The molecule has 1 aromatic heterocycles. The molecule has 1 unspecified atom stereocenters. The van der Waals surface area contributed by atoms with Crippen LogP contribution in [0.2, 0.25) is 0 Å². The van der Waals surface area contributed by atoms with Crippen molar-refractivity contribution in [3.8, 4) is 0 Å². The van der Waals surface area contributed by atoms with Gasteiger partial charge in [0, 0.05) is 30.9 Å². The fourth-order valence-electron chi connectivity index (χ4n) is 3.17. The molecule has 1 saturated heterocycles. The lowest BCUT2D eigenvalue weighted by Gasteiger charge is -2.37. The fourth-order valence-corrected chi connectivity index (χ4v) is 3.17. The van der Waals surface area contributed by atoms with E-state index in [-0.39, 0.29) is 0 Å². The second kappa shape index (κ2) is 7.79. The zero-order valence-electron chi connectivity index (χ0n) is 14.1. The molecule has 1 fully saturated rings. The molecule has 0 amide bonds. The molecule has 1 aliphatic rings. The van der Waals surface area contributed by atoms with E-state index in [1.54, 1.807) is 0 Å². The predicted molar refractivity (Wildman–Crippen MR) is 90.6 cm³/mol. The first-order chi connectivity index (χ1) is 10.1. The summed E-state index contributed by atoms with van der Waals surface area (Å²) < 4.78 is 0. The Hall–Kier alpha value is -1.09. The summed E-state index contributed by atoms with van der Waals surface area (Å²) in [6, 6.07) is 4.88. The largest absolute Gasteiger partial charge is 0.370 e. The number of piperidine rings is 1. The van der Waals surface area contributed by atoms with Crippen molar-refractivity contribution in [2.45, 2.75) is 53.0 Å². The molecule has 0 aliphatic carbocycles. The lowest BCUT2D eigenvalue weighted by atomic mass is 9.94. The maximum Gasteiger partial charge on any atom is 0.130 e. The van der Waals surface area contributed by atoms with Crippen LogP contribution in [-0.4, -0.2) is 29.5 Å². The average molecular weight is 289 g/mol. The van der Waals surface area contributed by atoms with E-state index < -0.39 is 0 Å². The van der Waals surface area contributed by atoms with Crippen LogP contribution in [0.4, 0.5) is 5.82 Å². The molecule has 1 atom stereocenters. The molecular formula is C18H31N3. The van der Waals surface area contributed by atoms with Gasteiger partial charge in [-0.15, -0.1) is 0 Å². The number of rotatable bonds is 6. The fraction of sp³-hybridized carbons (Fsp3) is 0.722. The van der Waals surface area contributed by atoms with Gasteiger partial charge in [0.25, 0.3) is 0 Å². The number of hydrogen-bond donors (Lipinski definition) is 1. The highest BCUT2D eigenvalue weighted by Gasteiger charge is 2.26. The van der Waals surface area contributed by atoms with E-state index in [0.29, 0.717) is 17.9 Å². The Bertz CT molecular complexity index is 428. The number of anilines is 1. The highest BCUT2D eigenvalue weighted by Crippen LogP contribution is 2.34. The summed E-state index contributed by atoms with van der Waals surface area (Å²) in [6.07, 6.45) is 5.83. The summed E-state index contributed by atoms with van der Waals surface area (Å²) >= 11 is 0. The van der Waals surface area contributed by atoms with Crippen LogP contribution >= 0.6 is 0 Å². The van der Waals surface area contributed by atoms with Gasteiger partial charge in [-0.25, -0.2) is 4.98 Å². The summed E-state index contributed by atoms with van der Waals surface area (Å²) in [5.41, 5.74) is 1.39. The van der Waals surface area contributed by atoms with Crippen molar-refractivity contribution in [3.05, 3.63) is 23.9 Å². The van der Waals surface area contributed by atoms with E-state index in [9.17, 15) is 0 Å². The zero-order chi connectivity index (χ0) is 15.2. The van der Waals surface area contributed by atoms with E-state index >= 15 is 0 Å². The van der Waals surface area contributed by atoms with Gasteiger partial charge in [0.1, 0.15) is 5.82 Å². The van der Waals surface area contributed by atoms with Crippen LogP contribution in [-0.2, 0) is 0 Å². The minimum Gasteiger partial charge on any atom is -0.370 e. The van der Waals surface area contributed by atoms with Crippen molar-refractivity contribution >= 4 is 5.82 Å². The Labute approximate surface area is 130 Å². The summed E-state index contributed by atoms with van der Waals surface area (Å²) in [5.74, 6) is 2.44. The van der Waals surface area contributed by atoms with Gasteiger partial charge in [-0.3, -0.25) is 4.90 Å². The molecule has 118 valence electrons. The highest BCUT2D eigenvalue weighted by atomic mass is 15.2. The summed E-state index contributed by atoms with van der Waals surface area (Å²) in [5, 5.41) is 3.55. The minimum atomic E-state index is 0.532. The van der Waals surface area contributed by atoms with Gasteiger partial charge >= 0.3 is 0 Å². The van der Waals surface area contributed by atoms with Gasteiger partial charge in [-0.2, -0.15) is 0 Å². The van der Waals surface area contributed by atoms with Crippen LogP contribution in [0, 0.1) is 11.8 Å². The molecule has 21 heavy (non-hydrogen) atoms. The normalized spacial score (nSPS) is 20.2. The molecule has 0 aromatic carbocycles. The number of pyridine rings is 1. The van der Waals surface area contributed by atoms with Gasteiger partial charge in [0.2, 0.25) is 0 Å². The molecule has 3 heteroatoms. The molecule has 1 N–H and O–H groups in total. The zero-order valence-corrected chi connectivity index (χ0v) is 14.1. The molecule has 3 nitrogen and oxygen atoms in total. The molecule has 0 spiro atoms. The van der Waals surface area contributed by atoms with E-state index in [0.717, 1.165) is 12.4 Å². The number of likely N-dealkylation sites (tertiary alicyclic amines) is 1. The summed E-state index contributed by atoms with van der Waals surface area (Å²) in [4.78, 5) is 7.26. The van der Waals surface area contributed by atoms with Crippen molar-refractivity contribution in [2.75, 3.05) is 25.0 Å². The average Bonchev–Trinajstić information content (AvgIpc) is 2.45. The van der Waals surface area contributed by atoms with Crippen molar-refractivity contribution in [1.29, 1.82) is 0 Å². The third-order valence-corrected chi connectivity index (χ3v) is 4.09. The maximum atomic E-state index is 4.60. The summed E-state index contributed by atoms with van der Waals surface area (Å²) in [6.45, 7) is 12.5. The molecular weight excluding hydrogens is 258 g/mol. The van der Waals surface area contributed by atoms with Gasteiger partial charge in [-0.1, -0.05) is 40.2 Å². The van der Waals surface area contributed by atoms with E-state index in [2.05, 4.69) is 55.0 Å². The van der Waals surface area contributed by atoms with E-state index in [4.69, 9.17) is 0 Å². The lowest BCUT2D eigenvalue weighted by molar-refractivity contribution is 0.132. The first kappa shape index (κ1) is 16.3. The van der Waals surface area contributed by atoms with Crippen molar-refractivity contribution in [1.82, 2.24) is 9.88 Å². The molecule has 1 aliphatic heterocycles. The Morgan fingerprint density at radius 3 is 2.76 bits per heavy atom. The molecule has 1 aromatic rings. The van der Waals surface area contributed by atoms with Crippen LogP contribution in [0.25, 0.3) is 0 Å². The van der Waals surface area contributed by atoms with Crippen molar-refractivity contribution in [2.24, 2.45) is 11.8 Å². The Morgan fingerprint density at radius 1 is 1.24 bits per heavy atom. The highest BCUT2D eigenvalue weighted by molar-refractivity contribution is 5.46. The van der Waals surface area contributed by atoms with E-state index in [1.807, 2.05) is 6.20 Å². The van der Waals surface area contributed by atoms with Crippen LogP contribution in [0.15, 0.2) is 18.3 Å². The number of aromatic nitrogens is 1. The third kappa shape index (κ3) is 4.70. The maximum absolute atomic E-state index is 4.60. The SMILES string of the molecule is CC(C)CNc1ncccc1C1CCCCN1CC(C)C. The van der Waals surface area contributed by atoms with Gasteiger partial charge < -0.3 is 5.32 Å².